The fourth-order valence-corrected chi connectivity index (χ4v) is 3.96. The number of ether oxygens (including phenoxy) is 1. The first-order valence-electron chi connectivity index (χ1n) is 13.7. The third kappa shape index (κ3) is 12.8. The van der Waals surface area contributed by atoms with Gasteiger partial charge in [-0.25, -0.2) is 14.8 Å². The SMILES string of the molecule is CC(C)(C)OC(=O)N1CCN(c2ccc(C(F)(F)F)nc2)CC1.FC(F)(F)c1ccc(N2CC[NH2+]CC2)cn1.O=C([O-])C(F)(F)F. The van der Waals surface area contributed by atoms with Crippen molar-refractivity contribution in [3.63, 3.8) is 0 Å². The Balaban J connectivity index is 0.000000276. The average molecular weight is 677 g/mol. The smallest absolute Gasteiger partial charge is 0.433 e. The van der Waals surface area contributed by atoms with Gasteiger partial charge in [-0.05, 0) is 45.0 Å². The molecule has 4 rings (SSSR count). The second-order valence-electron chi connectivity index (χ2n) is 10.9. The number of aromatic nitrogens is 2. The van der Waals surface area contributed by atoms with Crippen molar-refractivity contribution >= 4 is 23.4 Å². The summed E-state index contributed by atoms with van der Waals surface area (Å²) >= 11 is 0. The molecule has 2 aliphatic rings. The molecule has 19 heteroatoms. The number of carbonyl (C=O) groups excluding carboxylic acids is 2. The van der Waals surface area contributed by atoms with Gasteiger partial charge < -0.3 is 34.7 Å². The van der Waals surface area contributed by atoms with E-state index in [1.54, 1.807) is 25.7 Å². The van der Waals surface area contributed by atoms with Gasteiger partial charge in [0.2, 0.25) is 0 Å². The summed E-state index contributed by atoms with van der Waals surface area (Å²) in [5.41, 5.74) is -0.914. The molecule has 2 saturated heterocycles. The quantitative estimate of drug-likeness (QED) is 0.483. The Labute approximate surface area is 258 Å². The van der Waals surface area contributed by atoms with E-state index in [4.69, 9.17) is 14.6 Å². The van der Waals surface area contributed by atoms with E-state index in [2.05, 4.69) is 15.3 Å². The van der Waals surface area contributed by atoms with Crippen LogP contribution in [-0.4, -0.2) is 91.1 Å². The molecule has 0 unspecified atom stereocenters. The molecule has 2 aliphatic heterocycles. The predicted molar refractivity (Wildman–Crippen MR) is 143 cm³/mol. The molecule has 1 amide bonds. The van der Waals surface area contributed by atoms with Crippen LogP contribution >= 0.6 is 0 Å². The summed E-state index contributed by atoms with van der Waals surface area (Å²) < 4.78 is 111. The highest BCUT2D eigenvalue weighted by molar-refractivity contribution is 5.70. The van der Waals surface area contributed by atoms with Gasteiger partial charge in [0.15, 0.2) is 0 Å². The van der Waals surface area contributed by atoms with Gasteiger partial charge in [-0.15, -0.1) is 0 Å². The Morgan fingerprint density at radius 3 is 1.41 bits per heavy atom. The van der Waals surface area contributed by atoms with Gasteiger partial charge >= 0.3 is 24.6 Å². The normalized spacial score (nSPS) is 16.0. The highest BCUT2D eigenvalue weighted by Crippen LogP contribution is 2.29. The lowest BCUT2D eigenvalue weighted by Gasteiger charge is -2.36. The number of quaternary nitrogens is 1. The van der Waals surface area contributed by atoms with Crippen LogP contribution in [0.15, 0.2) is 36.7 Å². The Morgan fingerprint density at radius 2 is 1.11 bits per heavy atom. The molecule has 46 heavy (non-hydrogen) atoms. The fourth-order valence-electron chi connectivity index (χ4n) is 3.96. The number of carboxylic acids is 1. The van der Waals surface area contributed by atoms with Gasteiger partial charge in [0.05, 0.1) is 49.9 Å². The van der Waals surface area contributed by atoms with E-state index >= 15 is 0 Å². The summed E-state index contributed by atoms with van der Waals surface area (Å²) in [7, 11) is 0. The number of rotatable bonds is 2. The van der Waals surface area contributed by atoms with Crippen molar-refractivity contribution in [2.75, 3.05) is 62.2 Å². The van der Waals surface area contributed by atoms with Gasteiger partial charge in [-0.2, -0.15) is 39.5 Å². The Bertz CT molecular complexity index is 1250. The Morgan fingerprint density at radius 1 is 0.717 bits per heavy atom. The number of pyridine rings is 2. The highest BCUT2D eigenvalue weighted by Gasteiger charge is 2.33. The minimum Gasteiger partial charge on any atom is -0.542 e. The molecule has 2 aromatic heterocycles. The van der Waals surface area contributed by atoms with Crippen LogP contribution in [0.2, 0.25) is 0 Å². The fraction of sp³-hybridized carbons (Fsp3) is 0.556. The van der Waals surface area contributed by atoms with Gasteiger partial charge in [0.25, 0.3) is 0 Å². The van der Waals surface area contributed by atoms with Crippen LogP contribution in [0.25, 0.3) is 0 Å². The Hall–Kier alpha value is -4.03. The van der Waals surface area contributed by atoms with Gasteiger partial charge in [0.1, 0.15) is 23.0 Å². The molecule has 10 nitrogen and oxygen atoms in total. The highest BCUT2D eigenvalue weighted by atomic mass is 19.4. The lowest BCUT2D eigenvalue weighted by molar-refractivity contribution is -0.655. The standard InChI is InChI=1S/C15H20F3N3O2.C10H12F3N3.C2HF3O2/c1-14(2,3)23-13(22)21-8-6-20(7-9-21)11-4-5-12(19-10-11)15(16,17)18;11-10(12,13)9-2-1-8(7-15-9)16-5-3-14-4-6-16;3-2(4,5)1(6)7/h4-5,10H,6-9H2,1-3H3;1-2,7,14H,3-6H2;(H,6,7). The van der Waals surface area contributed by atoms with E-state index in [1.807, 2.05) is 9.80 Å². The maximum atomic E-state index is 12.5. The molecule has 0 spiro atoms. The van der Waals surface area contributed by atoms with Crippen LogP contribution in [-0.2, 0) is 21.9 Å². The predicted octanol–water partition coefficient (Wildman–Crippen LogP) is 2.94. The number of anilines is 2. The number of halogens is 9. The number of carbonyl (C=O) groups is 2. The lowest BCUT2D eigenvalue weighted by Crippen LogP contribution is -2.89. The second kappa shape index (κ2) is 15.5. The number of amides is 1. The van der Waals surface area contributed by atoms with Crippen LogP contribution in [0.1, 0.15) is 32.2 Å². The van der Waals surface area contributed by atoms with E-state index in [9.17, 15) is 44.3 Å². The van der Waals surface area contributed by atoms with Crippen molar-refractivity contribution in [2.24, 2.45) is 0 Å². The number of nitrogens with two attached hydrogens (primary N) is 1. The Kier molecular flexibility index (Phi) is 12.9. The lowest BCUT2D eigenvalue weighted by atomic mass is 10.2. The number of hydrogen-bond donors (Lipinski definition) is 1. The van der Waals surface area contributed by atoms with Crippen LogP contribution in [0.5, 0.6) is 0 Å². The number of nitrogens with zero attached hydrogens (tertiary/aromatic N) is 5. The van der Waals surface area contributed by atoms with E-state index in [0.717, 1.165) is 44.0 Å². The summed E-state index contributed by atoms with van der Waals surface area (Å²) in [6.07, 6.45) is -11.8. The summed E-state index contributed by atoms with van der Waals surface area (Å²) in [5.74, 6) is -3.01. The molecule has 0 saturated carbocycles. The monoisotopic (exact) mass is 676 g/mol. The second-order valence-corrected chi connectivity index (χ2v) is 10.9. The van der Waals surface area contributed by atoms with Crippen LogP contribution < -0.4 is 20.2 Å². The molecule has 4 heterocycles. The minimum absolute atomic E-state index is 0.373. The van der Waals surface area contributed by atoms with Crippen LogP contribution in [0.3, 0.4) is 0 Å². The summed E-state index contributed by atoms with van der Waals surface area (Å²) in [5, 5.41) is 11.0. The third-order valence-electron chi connectivity index (χ3n) is 6.18. The zero-order valence-electron chi connectivity index (χ0n) is 25.0. The first kappa shape index (κ1) is 38.2. The molecule has 0 atom stereocenters. The number of aliphatic carboxylic acids is 1. The molecular formula is C27H33F9N6O4. The molecule has 258 valence electrons. The first-order valence-corrected chi connectivity index (χ1v) is 13.7. The number of piperazine rings is 2. The topological polar surface area (TPSA) is 119 Å². The molecule has 2 fully saturated rings. The molecule has 2 N–H and O–H groups in total. The maximum Gasteiger partial charge on any atom is 0.433 e. The number of hydrogen-bond acceptors (Lipinski definition) is 8. The van der Waals surface area contributed by atoms with E-state index in [0.29, 0.717) is 31.9 Å². The van der Waals surface area contributed by atoms with Gasteiger partial charge in [-0.3, -0.25) is 0 Å². The van der Waals surface area contributed by atoms with Crippen molar-refractivity contribution in [3.05, 3.63) is 48.0 Å². The summed E-state index contributed by atoms with van der Waals surface area (Å²) in [6.45, 7) is 11.0. The summed E-state index contributed by atoms with van der Waals surface area (Å²) in [4.78, 5) is 33.2. The minimum atomic E-state index is -5.19. The van der Waals surface area contributed by atoms with Crippen molar-refractivity contribution in [1.82, 2.24) is 14.9 Å². The van der Waals surface area contributed by atoms with E-state index < -0.39 is 41.5 Å². The van der Waals surface area contributed by atoms with Crippen molar-refractivity contribution in [1.29, 1.82) is 0 Å². The largest absolute Gasteiger partial charge is 0.542 e. The molecular weight excluding hydrogens is 643 g/mol. The molecule has 2 aromatic rings. The molecule has 0 radical (unpaired) electrons. The third-order valence-corrected chi connectivity index (χ3v) is 6.18. The van der Waals surface area contributed by atoms with Crippen molar-refractivity contribution in [2.45, 2.75) is 44.9 Å². The molecule has 0 aliphatic carbocycles. The zero-order chi connectivity index (χ0) is 34.9. The summed E-state index contributed by atoms with van der Waals surface area (Å²) in [6, 6.07) is 4.89. The van der Waals surface area contributed by atoms with Crippen LogP contribution in [0.4, 0.5) is 55.7 Å². The van der Waals surface area contributed by atoms with E-state index in [1.165, 1.54) is 24.5 Å². The average Bonchev–Trinajstić information content (AvgIpc) is 2.96. The zero-order valence-corrected chi connectivity index (χ0v) is 25.0. The first-order chi connectivity index (χ1) is 21.1. The number of alkyl halides is 9. The van der Waals surface area contributed by atoms with Crippen molar-refractivity contribution in [3.8, 4) is 0 Å². The molecule has 0 bridgehead atoms. The van der Waals surface area contributed by atoms with Crippen LogP contribution in [0, 0.1) is 0 Å². The van der Waals surface area contributed by atoms with Gasteiger partial charge in [-0.1, -0.05) is 0 Å². The molecule has 0 aromatic carbocycles. The van der Waals surface area contributed by atoms with E-state index in [-0.39, 0.29) is 6.09 Å². The van der Waals surface area contributed by atoms with Crippen molar-refractivity contribution < 1.29 is 64.3 Å². The number of carboxylic acid groups (broad SMARTS) is 1. The van der Waals surface area contributed by atoms with Gasteiger partial charge in [0, 0.05) is 26.2 Å². The maximum absolute atomic E-state index is 12.5.